The van der Waals surface area contributed by atoms with Crippen molar-refractivity contribution < 1.29 is 9.53 Å². The van der Waals surface area contributed by atoms with Crippen LogP contribution in [0.4, 0.5) is 0 Å². The molecule has 23 heavy (non-hydrogen) atoms. The van der Waals surface area contributed by atoms with Crippen molar-refractivity contribution in [3.8, 4) is 0 Å². The smallest absolute Gasteiger partial charge is 0.231 e. The highest BCUT2D eigenvalue weighted by Gasteiger charge is 2.22. The fourth-order valence-corrected chi connectivity index (χ4v) is 3.69. The Balaban J connectivity index is 1.53. The van der Waals surface area contributed by atoms with Crippen LogP contribution in [-0.4, -0.2) is 61.6 Å². The fraction of sp³-hybridized carbons (Fsp3) is 0.611. The normalized spacial score (nSPS) is 21.6. The number of nitrogens with two attached hydrogens (primary N) is 1. The summed E-state index contributed by atoms with van der Waals surface area (Å²) in [7, 11) is 1.91. The number of ether oxygens (including phenoxy) is 1. The van der Waals surface area contributed by atoms with Crippen LogP contribution >= 0.6 is 0 Å². The Labute approximate surface area is 138 Å². The van der Waals surface area contributed by atoms with Crippen molar-refractivity contribution in [1.29, 1.82) is 0 Å². The number of likely N-dealkylation sites (N-methyl/N-ethyl adjacent to an activating group) is 1. The van der Waals surface area contributed by atoms with E-state index in [9.17, 15) is 4.79 Å². The molecule has 0 aromatic heterocycles. The molecule has 1 aromatic rings. The number of hydrogen-bond acceptors (Lipinski definition) is 4. The van der Waals surface area contributed by atoms with E-state index in [1.807, 2.05) is 11.9 Å². The standard InChI is InChI=1S/C18H27N3O2/c1-20(13-18(19)22)11-17-12-21(7-8-23-17)10-14-5-6-15-3-2-4-16(15)9-14/h5-6,9,17H,2-4,7-8,10-13H2,1H3,(H2,19,22). The van der Waals surface area contributed by atoms with Crippen molar-refractivity contribution in [1.82, 2.24) is 9.80 Å². The van der Waals surface area contributed by atoms with Gasteiger partial charge in [0.05, 0.1) is 19.3 Å². The number of carbonyl (C=O) groups excluding carboxylic acids is 1. The number of primary amides is 1. The Bertz CT molecular complexity index is 561. The Morgan fingerprint density at radius 2 is 2.22 bits per heavy atom. The average molecular weight is 317 g/mol. The molecule has 1 aromatic carbocycles. The van der Waals surface area contributed by atoms with E-state index in [-0.39, 0.29) is 18.6 Å². The van der Waals surface area contributed by atoms with Crippen LogP contribution in [0, 0.1) is 0 Å². The van der Waals surface area contributed by atoms with Crippen molar-refractivity contribution >= 4 is 5.91 Å². The van der Waals surface area contributed by atoms with E-state index in [0.29, 0.717) is 0 Å². The summed E-state index contributed by atoms with van der Waals surface area (Å²) in [5.41, 5.74) is 9.71. The zero-order valence-corrected chi connectivity index (χ0v) is 14.0. The number of nitrogens with zero attached hydrogens (tertiary/aromatic N) is 2. The van der Waals surface area contributed by atoms with Gasteiger partial charge in [0.1, 0.15) is 0 Å². The molecule has 0 radical (unpaired) electrons. The lowest BCUT2D eigenvalue weighted by atomic mass is 10.1. The second kappa shape index (κ2) is 7.43. The predicted molar refractivity (Wildman–Crippen MR) is 90.2 cm³/mol. The van der Waals surface area contributed by atoms with E-state index < -0.39 is 0 Å². The van der Waals surface area contributed by atoms with E-state index >= 15 is 0 Å². The lowest BCUT2D eigenvalue weighted by molar-refractivity contribution is -0.119. The zero-order valence-electron chi connectivity index (χ0n) is 14.0. The van der Waals surface area contributed by atoms with Gasteiger partial charge in [-0.2, -0.15) is 0 Å². The topological polar surface area (TPSA) is 58.8 Å². The maximum atomic E-state index is 11.0. The van der Waals surface area contributed by atoms with Crippen LogP contribution in [0.2, 0.25) is 0 Å². The number of rotatable bonds is 6. The third-order valence-corrected chi connectivity index (χ3v) is 4.73. The summed E-state index contributed by atoms with van der Waals surface area (Å²) < 4.78 is 5.84. The van der Waals surface area contributed by atoms with Gasteiger partial charge in [-0.1, -0.05) is 18.2 Å². The summed E-state index contributed by atoms with van der Waals surface area (Å²) >= 11 is 0. The molecule has 1 fully saturated rings. The molecule has 1 amide bonds. The van der Waals surface area contributed by atoms with Gasteiger partial charge < -0.3 is 10.5 Å². The number of morpholine rings is 1. The summed E-state index contributed by atoms with van der Waals surface area (Å²) in [6.07, 6.45) is 3.90. The van der Waals surface area contributed by atoms with Crippen molar-refractivity contribution in [2.24, 2.45) is 5.73 Å². The number of aryl methyl sites for hydroxylation is 2. The van der Waals surface area contributed by atoms with E-state index in [4.69, 9.17) is 10.5 Å². The van der Waals surface area contributed by atoms with Crippen LogP contribution < -0.4 is 5.73 Å². The van der Waals surface area contributed by atoms with Crippen molar-refractivity contribution in [3.05, 3.63) is 34.9 Å². The molecular weight excluding hydrogens is 290 g/mol. The summed E-state index contributed by atoms with van der Waals surface area (Å²) in [6.45, 7) is 4.62. The second-order valence-corrected chi connectivity index (χ2v) is 6.85. The Morgan fingerprint density at radius 1 is 1.39 bits per heavy atom. The molecule has 1 atom stereocenters. The third kappa shape index (κ3) is 4.53. The summed E-state index contributed by atoms with van der Waals surface area (Å²) in [4.78, 5) is 15.4. The van der Waals surface area contributed by atoms with Crippen LogP contribution in [0.25, 0.3) is 0 Å². The number of hydrogen-bond donors (Lipinski definition) is 1. The second-order valence-electron chi connectivity index (χ2n) is 6.85. The van der Waals surface area contributed by atoms with Crippen LogP contribution in [-0.2, 0) is 28.9 Å². The fourth-order valence-electron chi connectivity index (χ4n) is 3.69. The first-order chi connectivity index (χ1) is 11.1. The summed E-state index contributed by atoms with van der Waals surface area (Å²) in [5.74, 6) is -0.293. The Hall–Kier alpha value is -1.43. The Morgan fingerprint density at radius 3 is 3.04 bits per heavy atom. The SMILES string of the molecule is CN(CC(N)=O)CC1CN(Cc2ccc3c(c2)CCC3)CCO1. The minimum atomic E-state index is -0.293. The molecule has 1 unspecified atom stereocenters. The summed E-state index contributed by atoms with van der Waals surface area (Å²) in [5, 5.41) is 0. The number of benzene rings is 1. The highest BCUT2D eigenvalue weighted by atomic mass is 16.5. The van der Waals surface area contributed by atoms with Gasteiger partial charge in [0.15, 0.2) is 0 Å². The van der Waals surface area contributed by atoms with Gasteiger partial charge in [0.2, 0.25) is 5.91 Å². The first-order valence-corrected chi connectivity index (χ1v) is 8.51. The lowest BCUT2D eigenvalue weighted by Crippen LogP contribution is -2.47. The highest BCUT2D eigenvalue weighted by Crippen LogP contribution is 2.23. The third-order valence-electron chi connectivity index (χ3n) is 4.73. The minimum Gasteiger partial charge on any atom is -0.374 e. The number of fused-ring (bicyclic) bond motifs is 1. The van der Waals surface area contributed by atoms with Gasteiger partial charge in [-0.3, -0.25) is 14.6 Å². The molecule has 0 bridgehead atoms. The molecule has 1 saturated heterocycles. The number of carbonyl (C=O) groups is 1. The van der Waals surface area contributed by atoms with Gasteiger partial charge in [-0.05, 0) is 43.0 Å². The Kier molecular flexibility index (Phi) is 5.30. The molecule has 0 spiro atoms. The van der Waals surface area contributed by atoms with Crippen LogP contribution in [0.15, 0.2) is 18.2 Å². The minimum absolute atomic E-state index is 0.141. The van der Waals surface area contributed by atoms with Gasteiger partial charge in [-0.15, -0.1) is 0 Å². The van der Waals surface area contributed by atoms with E-state index in [1.54, 1.807) is 0 Å². The molecule has 2 N–H and O–H groups in total. The molecule has 2 aliphatic rings. The van der Waals surface area contributed by atoms with Gasteiger partial charge in [0.25, 0.3) is 0 Å². The van der Waals surface area contributed by atoms with E-state index in [0.717, 1.165) is 32.8 Å². The maximum Gasteiger partial charge on any atom is 0.231 e. The first kappa shape index (κ1) is 16.4. The van der Waals surface area contributed by atoms with Crippen molar-refractivity contribution in [2.75, 3.05) is 39.8 Å². The molecule has 126 valence electrons. The zero-order chi connectivity index (χ0) is 16.2. The van der Waals surface area contributed by atoms with Gasteiger partial charge >= 0.3 is 0 Å². The molecule has 1 aliphatic carbocycles. The van der Waals surface area contributed by atoms with E-state index in [1.165, 1.54) is 36.0 Å². The monoisotopic (exact) mass is 317 g/mol. The largest absolute Gasteiger partial charge is 0.374 e. The molecule has 5 nitrogen and oxygen atoms in total. The molecule has 5 heteroatoms. The van der Waals surface area contributed by atoms with Crippen molar-refractivity contribution in [2.45, 2.75) is 31.9 Å². The number of amides is 1. The predicted octanol–water partition coefficient (Wildman–Crippen LogP) is 0.793. The van der Waals surface area contributed by atoms with Gasteiger partial charge in [0, 0.05) is 26.2 Å². The average Bonchev–Trinajstić information content (AvgIpc) is 2.94. The van der Waals surface area contributed by atoms with Crippen molar-refractivity contribution in [3.63, 3.8) is 0 Å². The van der Waals surface area contributed by atoms with Crippen LogP contribution in [0.1, 0.15) is 23.1 Å². The maximum absolute atomic E-state index is 11.0. The molecule has 0 saturated carbocycles. The molecular formula is C18H27N3O2. The summed E-state index contributed by atoms with van der Waals surface area (Å²) in [6, 6.07) is 6.95. The molecule has 1 aliphatic heterocycles. The quantitative estimate of drug-likeness (QED) is 0.843. The van der Waals surface area contributed by atoms with Crippen LogP contribution in [0.3, 0.4) is 0 Å². The first-order valence-electron chi connectivity index (χ1n) is 8.51. The van der Waals surface area contributed by atoms with E-state index in [2.05, 4.69) is 23.1 Å². The van der Waals surface area contributed by atoms with Crippen LogP contribution in [0.5, 0.6) is 0 Å². The molecule has 3 rings (SSSR count). The highest BCUT2D eigenvalue weighted by molar-refractivity contribution is 5.75. The lowest BCUT2D eigenvalue weighted by Gasteiger charge is -2.34. The van der Waals surface area contributed by atoms with Gasteiger partial charge in [-0.25, -0.2) is 0 Å². The molecule has 1 heterocycles.